The molecule has 9 heteroatoms. The third kappa shape index (κ3) is 5.02. The van der Waals surface area contributed by atoms with E-state index >= 15 is 0 Å². The maximum absolute atomic E-state index is 13.6. The average molecular weight is 596 g/mol. The van der Waals surface area contributed by atoms with Gasteiger partial charge in [-0.25, -0.2) is 0 Å². The number of ether oxygens (including phenoxy) is 2. The van der Waals surface area contributed by atoms with Crippen LogP contribution in [0.3, 0.4) is 0 Å². The summed E-state index contributed by atoms with van der Waals surface area (Å²) in [6.45, 7) is 11.6. The van der Waals surface area contributed by atoms with Crippen molar-refractivity contribution in [2.45, 2.75) is 51.6 Å². The molecule has 5 rings (SSSR count). The molecule has 228 valence electrons. The second-order valence-electron chi connectivity index (χ2n) is 12.4. The number of aliphatic hydroxyl groups excluding tert-OH is 1. The predicted molar refractivity (Wildman–Crippen MR) is 160 cm³/mol. The molecule has 2 aliphatic heterocycles. The number of allylic oxidation sites excluding steroid dienone is 5. The standard InChI is InChI=1S/C34H37F3N2O4/c1-20-8-10-26-24(16-20)32(2,3)28(38(26)12-14-42-6)18-22-30(40)23(31(22)41)19-29-33(4,5)25-17-21(34(35,36)37)9-11-27(25)39(29)13-15-43-7/h8-11,16-19H,12-15H2,1-7H3/p+1. The molecule has 0 aromatic heterocycles. The molecule has 3 aliphatic rings. The van der Waals surface area contributed by atoms with Crippen LogP contribution in [0.15, 0.2) is 71.2 Å². The van der Waals surface area contributed by atoms with Crippen molar-refractivity contribution in [3.63, 3.8) is 0 Å². The lowest BCUT2D eigenvalue weighted by atomic mass is 9.77. The van der Waals surface area contributed by atoms with Crippen molar-refractivity contribution < 1.29 is 37.1 Å². The molecule has 0 bridgehead atoms. The third-order valence-electron chi connectivity index (χ3n) is 8.87. The summed E-state index contributed by atoms with van der Waals surface area (Å²) in [6.07, 6.45) is -1.11. The third-order valence-corrected chi connectivity index (χ3v) is 8.87. The minimum Gasteiger partial charge on any atom is -0.506 e. The molecule has 1 N–H and O–H groups in total. The number of hydrogen-bond acceptors (Lipinski definition) is 5. The second kappa shape index (κ2) is 10.8. The number of halogens is 3. The maximum atomic E-state index is 13.6. The summed E-state index contributed by atoms with van der Waals surface area (Å²) >= 11 is 0. The van der Waals surface area contributed by atoms with Crippen molar-refractivity contribution in [2.75, 3.05) is 45.4 Å². The number of aryl methyl sites for hydroxylation is 1. The van der Waals surface area contributed by atoms with E-state index in [1.54, 1.807) is 26.4 Å². The Bertz CT molecular complexity index is 1630. The van der Waals surface area contributed by atoms with E-state index in [0.717, 1.165) is 28.6 Å². The molecule has 0 fully saturated rings. The highest BCUT2D eigenvalue weighted by Gasteiger charge is 2.48. The fourth-order valence-electron chi connectivity index (χ4n) is 6.39. The minimum atomic E-state index is -4.49. The number of anilines is 1. The summed E-state index contributed by atoms with van der Waals surface area (Å²) in [5, 5.41) is 11.2. The number of nitrogens with zero attached hydrogens (tertiary/aromatic N) is 2. The Hall–Kier alpha value is -3.69. The number of hydrogen-bond donors (Lipinski definition) is 1. The molecule has 0 radical (unpaired) electrons. The SMILES string of the molecule is COCCN1/C(=C\C2=C(O)C(=C\C3=[N+](CCOC)c4ccc(C(F)(F)F)cc4C3(C)C)/C2=O)C(C)(C)c2cc(C)ccc21. The molecule has 2 aromatic rings. The maximum Gasteiger partial charge on any atom is 0.416 e. The van der Waals surface area contributed by atoms with E-state index in [-0.39, 0.29) is 22.7 Å². The van der Waals surface area contributed by atoms with Gasteiger partial charge in [0.15, 0.2) is 12.3 Å². The molecule has 0 unspecified atom stereocenters. The van der Waals surface area contributed by atoms with Crippen LogP contribution in [0, 0.1) is 6.92 Å². The normalized spacial score (nSPS) is 20.8. The molecule has 43 heavy (non-hydrogen) atoms. The van der Waals surface area contributed by atoms with Gasteiger partial charge in [-0.2, -0.15) is 17.7 Å². The van der Waals surface area contributed by atoms with E-state index < -0.39 is 22.6 Å². The van der Waals surface area contributed by atoms with Gasteiger partial charge in [0.25, 0.3) is 0 Å². The number of ketones is 1. The number of aliphatic hydroxyl groups is 1. The molecule has 0 atom stereocenters. The molecule has 2 aromatic carbocycles. The monoisotopic (exact) mass is 595 g/mol. The summed E-state index contributed by atoms with van der Waals surface area (Å²) in [5.41, 5.74) is 4.22. The number of carbonyl (C=O) groups excluding carboxylic acids is 1. The Labute approximate surface area is 250 Å². The van der Waals surface area contributed by atoms with Crippen molar-refractivity contribution in [1.82, 2.24) is 0 Å². The predicted octanol–water partition coefficient (Wildman–Crippen LogP) is 6.69. The van der Waals surface area contributed by atoms with Crippen molar-refractivity contribution in [3.05, 3.63) is 93.4 Å². The molecule has 2 heterocycles. The quantitative estimate of drug-likeness (QED) is 0.272. The Morgan fingerprint density at radius 2 is 1.65 bits per heavy atom. The van der Waals surface area contributed by atoms with Gasteiger partial charge in [0.05, 0.1) is 28.7 Å². The van der Waals surface area contributed by atoms with Crippen LogP contribution in [0.25, 0.3) is 0 Å². The second-order valence-corrected chi connectivity index (χ2v) is 12.4. The van der Waals surface area contributed by atoms with Crippen LogP contribution in [-0.2, 0) is 31.3 Å². The smallest absolute Gasteiger partial charge is 0.416 e. The van der Waals surface area contributed by atoms with Gasteiger partial charge in [0, 0.05) is 55.3 Å². The van der Waals surface area contributed by atoms with E-state index in [2.05, 4.69) is 36.9 Å². The Kier molecular flexibility index (Phi) is 7.72. The first-order valence-electron chi connectivity index (χ1n) is 14.3. The summed E-state index contributed by atoms with van der Waals surface area (Å²) in [7, 11) is 3.19. The summed E-state index contributed by atoms with van der Waals surface area (Å²) in [5.74, 6) is -0.449. The number of fused-ring (bicyclic) bond motifs is 2. The average Bonchev–Trinajstić information content (AvgIpc) is 3.28. The van der Waals surface area contributed by atoms with Crippen LogP contribution in [0.4, 0.5) is 24.5 Å². The van der Waals surface area contributed by atoms with Crippen LogP contribution in [0.5, 0.6) is 0 Å². The molecule has 0 spiro atoms. The van der Waals surface area contributed by atoms with Crippen LogP contribution in [-0.4, -0.2) is 61.7 Å². The Morgan fingerprint density at radius 3 is 2.28 bits per heavy atom. The van der Waals surface area contributed by atoms with Gasteiger partial charge in [0.2, 0.25) is 11.5 Å². The van der Waals surface area contributed by atoms with Gasteiger partial charge < -0.3 is 19.5 Å². The van der Waals surface area contributed by atoms with E-state index in [4.69, 9.17) is 9.47 Å². The lowest BCUT2D eigenvalue weighted by molar-refractivity contribution is -0.441. The van der Waals surface area contributed by atoms with Crippen molar-refractivity contribution in [2.24, 2.45) is 0 Å². The molecule has 0 saturated carbocycles. The number of Topliss-reactive ketones (excluding diaryl/α,β-unsaturated/α-hetero) is 1. The van der Waals surface area contributed by atoms with Gasteiger partial charge in [0.1, 0.15) is 12.4 Å². The lowest BCUT2D eigenvalue weighted by Gasteiger charge is -2.29. The fourth-order valence-corrected chi connectivity index (χ4v) is 6.39. The highest BCUT2D eigenvalue weighted by Crippen LogP contribution is 2.49. The van der Waals surface area contributed by atoms with E-state index in [9.17, 15) is 23.1 Å². The molecular formula is C34H38F3N2O4+. The molecule has 0 saturated heterocycles. The molecule has 6 nitrogen and oxygen atoms in total. The topological polar surface area (TPSA) is 62.0 Å². The zero-order valence-corrected chi connectivity index (χ0v) is 25.6. The molecule has 0 amide bonds. The first-order chi connectivity index (χ1) is 20.1. The van der Waals surface area contributed by atoms with E-state index in [0.29, 0.717) is 43.3 Å². The minimum absolute atomic E-state index is 0.131. The van der Waals surface area contributed by atoms with Gasteiger partial charge in [-0.15, -0.1) is 0 Å². The van der Waals surface area contributed by atoms with Crippen LogP contribution >= 0.6 is 0 Å². The first kappa shape index (κ1) is 30.8. The number of rotatable bonds is 8. The van der Waals surface area contributed by atoms with Crippen molar-refractivity contribution >= 4 is 22.9 Å². The Morgan fingerprint density at radius 1 is 0.953 bits per heavy atom. The van der Waals surface area contributed by atoms with Crippen LogP contribution in [0.1, 0.15) is 49.9 Å². The van der Waals surface area contributed by atoms with Gasteiger partial charge in [-0.1, -0.05) is 31.5 Å². The van der Waals surface area contributed by atoms with Gasteiger partial charge >= 0.3 is 6.18 Å². The largest absolute Gasteiger partial charge is 0.506 e. The molecule has 1 aliphatic carbocycles. The number of carbonyl (C=O) groups is 1. The highest BCUT2D eigenvalue weighted by molar-refractivity contribution is 6.24. The Balaban J connectivity index is 1.58. The van der Waals surface area contributed by atoms with Crippen LogP contribution < -0.4 is 4.90 Å². The summed E-state index contributed by atoms with van der Waals surface area (Å²) in [4.78, 5) is 15.7. The number of alkyl halides is 3. The van der Waals surface area contributed by atoms with Gasteiger partial charge in [-0.05, 0) is 50.6 Å². The van der Waals surface area contributed by atoms with Gasteiger partial charge in [-0.3, -0.25) is 4.79 Å². The van der Waals surface area contributed by atoms with Crippen LogP contribution in [0.2, 0.25) is 0 Å². The first-order valence-corrected chi connectivity index (χ1v) is 14.3. The summed E-state index contributed by atoms with van der Waals surface area (Å²) in [6, 6.07) is 9.97. The highest BCUT2D eigenvalue weighted by atomic mass is 19.4. The molecular weight excluding hydrogens is 557 g/mol. The number of benzene rings is 2. The van der Waals surface area contributed by atoms with E-state index in [1.807, 2.05) is 25.3 Å². The fraction of sp³-hybridized carbons (Fsp3) is 0.412. The van der Waals surface area contributed by atoms with Crippen molar-refractivity contribution in [3.8, 4) is 0 Å². The number of methoxy groups -OCH3 is 2. The lowest BCUT2D eigenvalue weighted by Crippen LogP contribution is -2.33. The zero-order valence-electron chi connectivity index (χ0n) is 25.6. The summed E-state index contributed by atoms with van der Waals surface area (Å²) < 4.78 is 53.3. The zero-order chi connectivity index (χ0) is 31.5. The van der Waals surface area contributed by atoms with E-state index in [1.165, 1.54) is 12.1 Å². The van der Waals surface area contributed by atoms with Crippen molar-refractivity contribution in [1.29, 1.82) is 0 Å².